The predicted octanol–water partition coefficient (Wildman–Crippen LogP) is 3.28. The molecular weight excluding hydrogens is 398 g/mol. The van der Waals surface area contributed by atoms with Crippen LogP contribution < -0.4 is 15.8 Å². The van der Waals surface area contributed by atoms with Gasteiger partial charge in [0.05, 0.1) is 5.92 Å². The van der Waals surface area contributed by atoms with E-state index in [2.05, 4.69) is 20.3 Å². The van der Waals surface area contributed by atoms with E-state index in [9.17, 15) is 9.59 Å². The van der Waals surface area contributed by atoms with Crippen LogP contribution in [0, 0.1) is 19.8 Å². The number of hydrogen-bond acceptors (Lipinski definition) is 6. The van der Waals surface area contributed by atoms with E-state index in [0.717, 1.165) is 30.6 Å². The molecule has 1 aromatic carbocycles. The normalized spacial score (nSPS) is 17.1. The third-order valence-electron chi connectivity index (χ3n) is 4.88. The van der Waals surface area contributed by atoms with Crippen molar-refractivity contribution in [2.75, 3.05) is 23.3 Å². The van der Waals surface area contributed by atoms with Crippen molar-refractivity contribution in [1.82, 2.24) is 14.6 Å². The maximum atomic E-state index is 12.8. The molecule has 0 aliphatic carbocycles. The summed E-state index contributed by atoms with van der Waals surface area (Å²) in [6.07, 6.45) is 1.69. The first-order chi connectivity index (χ1) is 13.4. The lowest BCUT2D eigenvalue weighted by Crippen LogP contribution is -2.41. The highest BCUT2D eigenvalue weighted by Crippen LogP contribution is 2.28. The van der Waals surface area contributed by atoms with Crippen LogP contribution in [0.2, 0.25) is 5.02 Å². The highest BCUT2D eigenvalue weighted by Gasteiger charge is 2.28. The maximum absolute atomic E-state index is 12.8. The molecule has 0 spiro atoms. The fourth-order valence-electron chi connectivity index (χ4n) is 3.37. The van der Waals surface area contributed by atoms with Crippen molar-refractivity contribution in [3.63, 3.8) is 0 Å². The summed E-state index contributed by atoms with van der Waals surface area (Å²) in [7, 11) is 0. The molecular formula is C19H20ClN5O2S. The average molecular weight is 418 g/mol. The predicted molar refractivity (Wildman–Crippen MR) is 112 cm³/mol. The van der Waals surface area contributed by atoms with Crippen LogP contribution in [0.25, 0.3) is 4.96 Å². The zero-order valence-electron chi connectivity index (χ0n) is 15.6. The number of anilines is 2. The van der Waals surface area contributed by atoms with E-state index in [0.29, 0.717) is 27.4 Å². The van der Waals surface area contributed by atoms with Gasteiger partial charge in [0.15, 0.2) is 0 Å². The summed E-state index contributed by atoms with van der Waals surface area (Å²) in [6, 6.07) is 6.93. The molecule has 1 aliphatic heterocycles. The van der Waals surface area contributed by atoms with Gasteiger partial charge in [-0.2, -0.15) is 4.52 Å². The van der Waals surface area contributed by atoms with Gasteiger partial charge in [-0.3, -0.25) is 9.59 Å². The Balaban J connectivity index is 1.53. The van der Waals surface area contributed by atoms with E-state index in [-0.39, 0.29) is 17.4 Å². The number of halogens is 1. The molecule has 3 heterocycles. The molecule has 9 heteroatoms. The van der Waals surface area contributed by atoms with Gasteiger partial charge in [0.25, 0.3) is 5.56 Å². The standard InChI is InChI=1S/C19H20ClN5O2S/c1-11-5-6-14(20)9-15(11)22-17(27)13-4-3-7-24(10-13)19-23-25-16(26)8-12(2)21-18(25)28-19/h5-6,8-9,13H,3-4,7,10H2,1-2H3,(H,22,27)/t13-/m0/s1. The maximum Gasteiger partial charge on any atom is 0.275 e. The first kappa shape index (κ1) is 18.9. The van der Waals surface area contributed by atoms with Crippen LogP contribution in [0.5, 0.6) is 0 Å². The molecule has 1 saturated heterocycles. The van der Waals surface area contributed by atoms with Crippen molar-refractivity contribution >= 4 is 44.6 Å². The molecule has 2 aromatic heterocycles. The number of carbonyl (C=O) groups is 1. The van der Waals surface area contributed by atoms with Crippen LogP contribution in [-0.4, -0.2) is 33.6 Å². The molecule has 1 atom stereocenters. The van der Waals surface area contributed by atoms with Gasteiger partial charge in [0.1, 0.15) is 0 Å². The smallest absolute Gasteiger partial charge is 0.275 e. The summed E-state index contributed by atoms with van der Waals surface area (Å²) in [5.74, 6) is -0.187. The first-order valence-electron chi connectivity index (χ1n) is 9.10. The molecule has 146 valence electrons. The van der Waals surface area contributed by atoms with Gasteiger partial charge in [-0.15, -0.1) is 5.10 Å². The Kier molecular flexibility index (Phi) is 5.07. The number of benzene rings is 1. The van der Waals surface area contributed by atoms with Gasteiger partial charge < -0.3 is 10.2 Å². The van der Waals surface area contributed by atoms with Crippen LogP contribution in [0.4, 0.5) is 10.8 Å². The van der Waals surface area contributed by atoms with Crippen LogP contribution >= 0.6 is 22.9 Å². The minimum absolute atomic E-state index is 0.0256. The van der Waals surface area contributed by atoms with Gasteiger partial charge in [0.2, 0.25) is 16.0 Å². The zero-order chi connectivity index (χ0) is 19.8. The molecule has 1 amide bonds. The molecule has 1 N–H and O–H groups in total. The number of nitrogens with one attached hydrogen (secondary N) is 1. The lowest BCUT2D eigenvalue weighted by Gasteiger charge is -2.31. The number of nitrogens with zero attached hydrogens (tertiary/aromatic N) is 4. The fraction of sp³-hybridized carbons (Fsp3) is 0.368. The number of aromatic nitrogens is 3. The quantitative estimate of drug-likeness (QED) is 0.707. The summed E-state index contributed by atoms with van der Waals surface area (Å²) in [5.41, 5.74) is 2.19. The zero-order valence-corrected chi connectivity index (χ0v) is 17.2. The van der Waals surface area contributed by atoms with Crippen molar-refractivity contribution < 1.29 is 4.79 Å². The number of piperidine rings is 1. The third-order valence-corrected chi connectivity index (χ3v) is 6.09. The van der Waals surface area contributed by atoms with Crippen LogP contribution in [0.3, 0.4) is 0 Å². The van der Waals surface area contributed by atoms with E-state index in [1.165, 1.54) is 21.9 Å². The Morgan fingerprint density at radius 1 is 1.32 bits per heavy atom. The Morgan fingerprint density at radius 3 is 2.96 bits per heavy atom. The molecule has 7 nitrogen and oxygen atoms in total. The summed E-state index contributed by atoms with van der Waals surface area (Å²) < 4.78 is 1.33. The van der Waals surface area contributed by atoms with E-state index in [4.69, 9.17) is 11.6 Å². The van der Waals surface area contributed by atoms with E-state index < -0.39 is 0 Å². The number of carbonyl (C=O) groups excluding carboxylic acids is 1. The van der Waals surface area contributed by atoms with Gasteiger partial charge in [-0.1, -0.05) is 29.0 Å². The summed E-state index contributed by atoms with van der Waals surface area (Å²) in [5, 5.41) is 8.72. The highest BCUT2D eigenvalue weighted by molar-refractivity contribution is 7.20. The Hall–Kier alpha value is -2.45. The van der Waals surface area contributed by atoms with Crippen molar-refractivity contribution in [1.29, 1.82) is 0 Å². The van der Waals surface area contributed by atoms with Crippen LogP contribution in [0.15, 0.2) is 29.1 Å². The summed E-state index contributed by atoms with van der Waals surface area (Å²) in [4.78, 5) is 31.9. The lowest BCUT2D eigenvalue weighted by molar-refractivity contribution is -0.120. The molecule has 3 aromatic rings. The third kappa shape index (κ3) is 3.74. The van der Waals surface area contributed by atoms with Crippen molar-refractivity contribution in [2.24, 2.45) is 5.92 Å². The Morgan fingerprint density at radius 2 is 2.14 bits per heavy atom. The number of hydrogen-bond donors (Lipinski definition) is 1. The van der Waals surface area contributed by atoms with Crippen molar-refractivity contribution in [2.45, 2.75) is 26.7 Å². The second kappa shape index (κ2) is 7.52. The topological polar surface area (TPSA) is 79.6 Å². The Labute approximate surface area is 171 Å². The molecule has 1 aliphatic rings. The summed E-state index contributed by atoms with van der Waals surface area (Å²) >= 11 is 7.42. The van der Waals surface area contributed by atoms with E-state index in [1.807, 2.05) is 13.0 Å². The molecule has 4 rings (SSSR count). The Bertz CT molecular complexity index is 1110. The SMILES string of the molecule is Cc1cc(=O)n2nc(N3CCC[C@H](C(=O)Nc4cc(Cl)ccc4C)C3)sc2n1. The number of fused-ring (bicyclic) bond motifs is 1. The number of amides is 1. The summed E-state index contributed by atoms with van der Waals surface area (Å²) in [6.45, 7) is 5.08. The minimum Gasteiger partial charge on any atom is -0.346 e. The number of aryl methyl sites for hydroxylation is 2. The second-order valence-electron chi connectivity index (χ2n) is 7.05. The minimum atomic E-state index is -0.187. The lowest BCUT2D eigenvalue weighted by atomic mass is 9.97. The van der Waals surface area contributed by atoms with Crippen molar-refractivity contribution in [3.05, 3.63) is 50.9 Å². The number of rotatable bonds is 3. The van der Waals surface area contributed by atoms with Crippen LogP contribution in [-0.2, 0) is 4.79 Å². The molecule has 0 bridgehead atoms. The van der Waals surface area contributed by atoms with Crippen LogP contribution in [0.1, 0.15) is 24.1 Å². The first-order valence-corrected chi connectivity index (χ1v) is 10.3. The monoisotopic (exact) mass is 417 g/mol. The van der Waals surface area contributed by atoms with Gasteiger partial charge in [0, 0.05) is 35.6 Å². The van der Waals surface area contributed by atoms with Crippen molar-refractivity contribution in [3.8, 4) is 0 Å². The van der Waals surface area contributed by atoms with Gasteiger partial charge >= 0.3 is 0 Å². The fourth-order valence-corrected chi connectivity index (χ4v) is 4.53. The van der Waals surface area contributed by atoms with Gasteiger partial charge in [-0.05, 0) is 44.4 Å². The molecule has 0 radical (unpaired) electrons. The molecule has 28 heavy (non-hydrogen) atoms. The van der Waals surface area contributed by atoms with Gasteiger partial charge in [-0.25, -0.2) is 4.98 Å². The van der Waals surface area contributed by atoms with E-state index in [1.54, 1.807) is 19.1 Å². The molecule has 1 fully saturated rings. The average Bonchev–Trinajstić information content (AvgIpc) is 3.09. The molecule has 0 saturated carbocycles. The second-order valence-corrected chi connectivity index (χ2v) is 8.42. The van der Waals surface area contributed by atoms with E-state index >= 15 is 0 Å². The molecule has 0 unspecified atom stereocenters. The largest absolute Gasteiger partial charge is 0.346 e. The highest BCUT2D eigenvalue weighted by atomic mass is 35.5.